The summed E-state index contributed by atoms with van der Waals surface area (Å²) in [6.45, 7) is 1.77. The molecule has 0 aromatic heterocycles. The van der Waals surface area contributed by atoms with Crippen molar-refractivity contribution in [3.05, 3.63) is 58.4 Å². The van der Waals surface area contributed by atoms with Crippen LogP contribution in [0.5, 0.6) is 11.5 Å². The lowest BCUT2D eigenvalue weighted by Gasteiger charge is -2.16. The highest BCUT2D eigenvalue weighted by Gasteiger charge is 2.16. The third-order valence-corrected chi connectivity index (χ3v) is 3.72. The SMILES string of the molecule is COc1cc(OC)cc(C(=O)NC(C)c2ccc(F)cc2Cl)c1. The van der Waals surface area contributed by atoms with Gasteiger partial charge in [0.2, 0.25) is 0 Å². The van der Waals surface area contributed by atoms with Gasteiger partial charge in [-0.2, -0.15) is 0 Å². The van der Waals surface area contributed by atoms with Gasteiger partial charge in [-0.3, -0.25) is 4.79 Å². The van der Waals surface area contributed by atoms with Gasteiger partial charge in [0, 0.05) is 16.7 Å². The van der Waals surface area contributed by atoms with Crippen LogP contribution in [0.15, 0.2) is 36.4 Å². The van der Waals surface area contributed by atoms with Crippen molar-refractivity contribution in [1.82, 2.24) is 5.32 Å². The number of hydrogen-bond donors (Lipinski definition) is 1. The van der Waals surface area contributed by atoms with Gasteiger partial charge in [0.15, 0.2) is 0 Å². The Hall–Kier alpha value is -2.27. The lowest BCUT2D eigenvalue weighted by atomic mass is 10.1. The fourth-order valence-corrected chi connectivity index (χ4v) is 2.48. The van der Waals surface area contributed by atoms with E-state index in [2.05, 4.69) is 5.32 Å². The largest absolute Gasteiger partial charge is 0.497 e. The van der Waals surface area contributed by atoms with Crippen molar-refractivity contribution in [2.24, 2.45) is 0 Å². The molecule has 2 aromatic rings. The summed E-state index contributed by atoms with van der Waals surface area (Å²) in [5, 5.41) is 3.08. The molecule has 0 saturated carbocycles. The van der Waals surface area contributed by atoms with Gasteiger partial charge in [-0.1, -0.05) is 17.7 Å². The maximum atomic E-state index is 13.1. The average Bonchev–Trinajstić information content (AvgIpc) is 2.53. The summed E-state index contributed by atoms with van der Waals surface area (Å²) in [6, 6.07) is 8.58. The van der Waals surface area contributed by atoms with Crippen molar-refractivity contribution in [2.75, 3.05) is 14.2 Å². The van der Waals surface area contributed by atoms with Gasteiger partial charge in [-0.25, -0.2) is 4.39 Å². The van der Waals surface area contributed by atoms with Gasteiger partial charge in [0.1, 0.15) is 17.3 Å². The van der Waals surface area contributed by atoms with E-state index in [1.54, 1.807) is 31.2 Å². The highest BCUT2D eigenvalue weighted by Crippen LogP contribution is 2.26. The highest BCUT2D eigenvalue weighted by atomic mass is 35.5. The van der Waals surface area contributed by atoms with Gasteiger partial charge in [0.25, 0.3) is 5.91 Å². The van der Waals surface area contributed by atoms with E-state index in [-0.39, 0.29) is 17.0 Å². The maximum Gasteiger partial charge on any atom is 0.252 e. The first-order chi connectivity index (χ1) is 10.9. The molecule has 4 nitrogen and oxygen atoms in total. The van der Waals surface area contributed by atoms with Crippen molar-refractivity contribution >= 4 is 17.5 Å². The van der Waals surface area contributed by atoms with Crippen molar-refractivity contribution in [3.63, 3.8) is 0 Å². The lowest BCUT2D eigenvalue weighted by molar-refractivity contribution is 0.0939. The Balaban J connectivity index is 2.21. The van der Waals surface area contributed by atoms with Crippen LogP contribution in [-0.2, 0) is 0 Å². The molecule has 0 aliphatic heterocycles. The molecule has 0 fully saturated rings. The van der Waals surface area contributed by atoms with Crippen LogP contribution in [0.4, 0.5) is 4.39 Å². The molecule has 0 aliphatic carbocycles. The number of amides is 1. The number of benzene rings is 2. The monoisotopic (exact) mass is 337 g/mol. The van der Waals surface area contributed by atoms with E-state index in [1.165, 1.54) is 26.4 Å². The second-order valence-electron chi connectivity index (χ2n) is 4.96. The second-order valence-corrected chi connectivity index (χ2v) is 5.37. The zero-order valence-corrected chi connectivity index (χ0v) is 13.8. The van der Waals surface area contributed by atoms with Crippen molar-refractivity contribution in [3.8, 4) is 11.5 Å². The number of methoxy groups -OCH3 is 2. The minimum atomic E-state index is -0.421. The fraction of sp³-hybridized carbons (Fsp3) is 0.235. The molecule has 6 heteroatoms. The maximum absolute atomic E-state index is 13.1. The van der Waals surface area contributed by atoms with Gasteiger partial charge in [0.05, 0.1) is 20.3 Å². The molecule has 23 heavy (non-hydrogen) atoms. The smallest absolute Gasteiger partial charge is 0.252 e. The van der Waals surface area contributed by atoms with E-state index in [1.807, 2.05) is 0 Å². The molecule has 2 aromatic carbocycles. The molecule has 2 rings (SSSR count). The summed E-state index contributed by atoms with van der Waals surface area (Å²) in [5.74, 6) is 0.300. The highest BCUT2D eigenvalue weighted by molar-refractivity contribution is 6.31. The zero-order valence-electron chi connectivity index (χ0n) is 13.0. The van der Waals surface area contributed by atoms with Gasteiger partial charge in [-0.15, -0.1) is 0 Å². The number of hydrogen-bond acceptors (Lipinski definition) is 3. The Bertz CT molecular complexity index is 699. The van der Waals surface area contributed by atoms with Crippen LogP contribution in [0, 0.1) is 5.82 Å². The molecule has 1 atom stereocenters. The van der Waals surface area contributed by atoms with Crippen LogP contribution in [0.2, 0.25) is 5.02 Å². The van der Waals surface area contributed by atoms with Crippen molar-refractivity contribution in [1.29, 1.82) is 0 Å². The van der Waals surface area contributed by atoms with E-state index in [9.17, 15) is 9.18 Å². The van der Waals surface area contributed by atoms with E-state index >= 15 is 0 Å². The number of carbonyl (C=O) groups excluding carboxylic acids is 1. The van der Waals surface area contributed by atoms with E-state index < -0.39 is 5.82 Å². The molecular weight excluding hydrogens is 321 g/mol. The third-order valence-electron chi connectivity index (χ3n) is 3.39. The number of halogens is 2. The number of carbonyl (C=O) groups is 1. The van der Waals surface area contributed by atoms with E-state index in [4.69, 9.17) is 21.1 Å². The molecule has 0 aliphatic rings. The molecular formula is C17H17ClFNO3. The third kappa shape index (κ3) is 4.13. The molecule has 1 amide bonds. The second kappa shape index (κ2) is 7.33. The Kier molecular flexibility index (Phi) is 5.45. The summed E-state index contributed by atoms with van der Waals surface area (Å²) in [5.41, 5.74) is 1.03. The molecule has 1 N–H and O–H groups in total. The first-order valence-electron chi connectivity index (χ1n) is 6.93. The van der Waals surface area contributed by atoms with Gasteiger partial charge >= 0.3 is 0 Å². The molecule has 1 unspecified atom stereocenters. The standard InChI is InChI=1S/C17H17ClFNO3/c1-10(15-5-4-12(19)8-16(15)18)20-17(21)11-6-13(22-2)9-14(7-11)23-3/h4-10H,1-3H3,(H,20,21). The Morgan fingerprint density at radius 1 is 1.13 bits per heavy atom. The van der Waals surface area contributed by atoms with E-state index in [0.717, 1.165) is 0 Å². The van der Waals surface area contributed by atoms with E-state index in [0.29, 0.717) is 22.6 Å². The summed E-state index contributed by atoms with van der Waals surface area (Å²) < 4.78 is 23.4. The molecule has 122 valence electrons. The molecule has 0 saturated heterocycles. The predicted molar refractivity (Wildman–Crippen MR) is 86.8 cm³/mol. The minimum absolute atomic E-state index is 0.265. The molecule has 0 radical (unpaired) electrons. The predicted octanol–water partition coefficient (Wildman–Crippen LogP) is 3.99. The summed E-state index contributed by atoms with van der Waals surface area (Å²) in [6.07, 6.45) is 0. The van der Waals surface area contributed by atoms with Crippen molar-refractivity contribution < 1.29 is 18.7 Å². The molecule has 0 bridgehead atoms. The van der Waals surface area contributed by atoms with Crippen LogP contribution in [0.25, 0.3) is 0 Å². The number of ether oxygens (including phenoxy) is 2. The zero-order chi connectivity index (χ0) is 17.0. The fourth-order valence-electron chi connectivity index (χ4n) is 2.15. The van der Waals surface area contributed by atoms with Crippen LogP contribution < -0.4 is 14.8 Å². The normalized spacial score (nSPS) is 11.7. The van der Waals surface area contributed by atoms with Crippen LogP contribution in [0.1, 0.15) is 28.9 Å². The topological polar surface area (TPSA) is 47.6 Å². The number of nitrogens with one attached hydrogen (secondary N) is 1. The minimum Gasteiger partial charge on any atom is -0.497 e. The van der Waals surface area contributed by atoms with Crippen LogP contribution in [0.3, 0.4) is 0 Å². The Morgan fingerprint density at radius 3 is 2.26 bits per heavy atom. The summed E-state index contributed by atoms with van der Waals surface area (Å²) in [4.78, 5) is 12.4. The van der Waals surface area contributed by atoms with Crippen LogP contribution in [-0.4, -0.2) is 20.1 Å². The Morgan fingerprint density at radius 2 is 1.74 bits per heavy atom. The quantitative estimate of drug-likeness (QED) is 0.897. The average molecular weight is 338 g/mol. The number of rotatable bonds is 5. The van der Waals surface area contributed by atoms with Gasteiger partial charge in [-0.05, 0) is 36.8 Å². The van der Waals surface area contributed by atoms with Gasteiger partial charge < -0.3 is 14.8 Å². The Labute approximate surface area is 139 Å². The van der Waals surface area contributed by atoms with Crippen molar-refractivity contribution in [2.45, 2.75) is 13.0 Å². The summed E-state index contributed by atoms with van der Waals surface area (Å²) >= 11 is 6.02. The summed E-state index contributed by atoms with van der Waals surface area (Å²) in [7, 11) is 3.02. The first kappa shape index (κ1) is 17.1. The molecule has 0 heterocycles. The van der Waals surface area contributed by atoms with Crippen LogP contribution >= 0.6 is 11.6 Å². The first-order valence-corrected chi connectivity index (χ1v) is 7.31. The molecule has 0 spiro atoms. The lowest BCUT2D eigenvalue weighted by Crippen LogP contribution is -2.26.